The lowest BCUT2D eigenvalue weighted by Gasteiger charge is -2.22. The van der Waals surface area contributed by atoms with E-state index in [0.29, 0.717) is 6.10 Å². The van der Waals surface area contributed by atoms with E-state index >= 15 is 0 Å². The van der Waals surface area contributed by atoms with E-state index in [2.05, 4.69) is 18.3 Å². The van der Waals surface area contributed by atoms with Crippen molar-refractivity contribution in [3.05, 3.63) is 12.3 Å². The molecule has 1 saturated carbocycles. The molecule has 0 bridgehead atoms. The summed E-state index contributed by atoms with van der Waals surface area (Å²) in [4.78, 5) is 0. The Morgan fingerprint density at radius 1 is 1.27 bits per heavy atom. The molecule has 1 N–H and O–H groups in total. The number of hydrogen-bond acceptors (Lipinski definition) is 2. The monoisotopic (exact) mass is 209 g/mol. The summed E-state index contributed by atoms with van der Waals surface area (Å²) in [5.41, 5.74) is 0. The van der Waals surface area contributed by atoms with E-state index in [9.17, 15) is 0 Å². The van der Waals surface area contributed by atoms with Crippen molar-refractivity contribution in [2.24, 2.45) is 11.8 Å². The molecule has 3 unspecified atom stereocenters. The van der Waals surface area contributed by atoms with Gasteiger partial charge in [-0.15, -0.1) is 0 Å². The minimum absolute atomic E-state index is 0.409. The molecule has 1 aliphatic carbocycles. The van der Waals surface area contributed by atoms with Crippen LogP contribution in [-0.4, -0.2) is 19.2 Å². The summed E-state index contributed by atoms with van der Waals surface area (Å²) in [5.74, 6) is 1.83. The number of nitrogens with one attached hydrogen (secondary N) is 1. The largest absolute Gasteiger partial charge is 0.497 e. The second-order valence-corrected chi connectivity index (χ2v) is 5.03. The summed E-state index contributed by atoms with van der Waals surface area (Å²) in [5, 5.41) is 3.57. The molecular formula is C13H23NO. The van der Waals surface area contributed by atoms with Gasteiger partial charge in [-0.1, -0.05) is 19.8 Å². The maximum absolute atomic E-state index is 5.53. The Morgan fingerprint density at radius 3 is 2.87 bits per heavy atom. The summed E-state index contributed by atoms with van der Waals surface area (Å²) in [6.07, 6.45) is 11.0. The minimum atomic E-state index is 0.409. The highest BCUT2D eigenvalue weighted by Crippen LogP contribution is 2.30. The van der Waals surface area contributed by atoms with Gasteiger partial charge in [-0.25, -0.2) is 0 Å². The molecule has 2 aliphatic rings. The van der Waals surface area contributed by atoms with E-state index in [1.54, 1.807) is 0 Å². The van der Waals surface area contributed by atoms with Crippen LogP contribution in [0.3, 0.4) is 0 Å². The number of hydrogen-bond donors (Lipinski definition) is 1. The van der Waals surface area contributed by atoms with Crippen molar-refractivity contribution in [2.75, 3.05) is 13.1 Å². The van der Waals surface area contributed by atoms with E-state index in [-0.39, 0.29) is 0 Å². The second kappa shape index (κ2) is 5.55. The zero-order valence-corrected chi connectivity index (χ0v) is 9.74. The van der Waals surface area contributed by atoms with Crippen LogP contribution in [0, 0.1) is 11.8 Å². The van der Waals surface area contributed by atoms with Gasteiger partial charge in [0.05, 0.1) is 6.26 Å². The SMILES string of the molecule is CC1CCCC1CNCC1CCC=CO1. The maximum Gasteiger partial charge on any atom is 0.110 e. The molecule has 2 rings (SSSR count). The molecule has 2 nitrogen and oxygen atoms in total. The smallest absolute Gasteiger partial charge is 0.110 e. The summed E-state index contributed by atoms with van der Waals surface area (Å²) in [6, 6.07) is 0. The van der Waals surface area contributed by atoms with Crippen LogP contribution in [0.2, 0.25) is 0 Å². The van der Waals surface area contributed by atoms with Gasteiger partial charge < -0.3 is 10.1 Å². The van der Waals surface area contributed by atoms with Crippen molar-refractivity contribution >= 4 is 0 Å². The second-order valence-electron chi connectivity index (χ2n) is 5.03. The molecule has 1 heterocycles. The normalized spacial score (nSPS) is 35.4. The Bertz CT molecular complexity index is 215. The maximum atomic E-state index is 5.53. The molecule has 0 aromatic heterocycles. The molecule has 1 aliphatic heterocycles. The van der Waals surface area contributed by atoms with Gasteiger partial charge in [0.25, 0.3) is 0 Å². The minimum Gasteiger partial charge on any atom is -0.497 e. The van der Waals surface area contributed by atoms with Crippen molar-refractivity contribution in [3.8, 4) is 0 Å². The average molecular weight is 209 g/mol. The van der Waals surface area contributed by atoms with Gasteiger partial charge in [-0.05, 0) is 43.7 Å². The Kier molecular flexibility index (Phi) is 4.07. The number of ether oxygens (including phenoxy) is 1. The van der Waals surface area contributed by atoms with Crippen molar-refractivity contribution < 1.29 is 4.74 Å². The fourth-order valence-electron chi connectivity index (χ4n) is 2.69. The van der Waals surface area contributed by atoms with Gasteiger partial charge in [0.1, 0.15) is 6.10 Å². The summed E-state index contributed by atoms with van der Waals surface area (Å²) >= 11 is 0. The van der Waals surface area contributed by atoms with Crippen LogP contribution in [0.4, 0.5) is 0 Å². The van der Waals surface area contributed by atoms with Crippen molar-refractivity contribution in [3.63, 3.8) is 0 Å². The molecule has 0 aromatic carbocycles. The van der Waals surface area contributed by atoms with Crippen LogP contribution < -0.4 is 5.32 Å². The lowest BCUT2D eigenvalue weighted by Crippen LogP contribution is -2.33. The van der Waals surface area contributed by atoms with E-state index in [1.807, 2.05) is 6.26 Å². The molecular weight excluding hydrogens is 186 g/mol. The molecule has 86 valence electrons. The van der Waals surface area contributed by atoms with E-state index < -0.39 is 0 Å². The lowest BCUT2D eigenvalue weighted by molar-refractivity contribution is 0.120. The van der Waals surface area contributed by atoms with Crippen molar-refractivity contribution in [1.29, 1.82) is 0 Å². The van der Waals surface area contributed by atoms with Gasteiger partial charge in [0, 0.05) is 6.54 Å². The third-order valence-electron chi connectivity index (χ3n) is 3.84. The molecule has 0 spiro atoms. The molecule has 0 radical (unpaired) electrons. The van der Waals surface area contributed by atoms with Crippen LogP contribution in [0.1, 0.15) is 39.0 Å². The van der Waals surface area contributed by atoms with E-state index in [1.165, 1.54) is 38.6 Å². The van der Waals surface area contributed by atoms with Gasteiger partial charge in [-0.2, -0.15) is 0 Å². The molecule has 0 amide bonds. The number of rotatable bonds is 4. The third-order valence-corrected chi connectivity index (χ3v) is 3.84. The predicted molar refractivity (Wildman–Crippen MR) is 62.6 cm³/mol. The number of allylic oxidation sites excluding steroid dienone is 1. The van der Waals surface area contributed by atoms with Crippen LogP contribution in [0.25, 0.3) is 0 Å². The first kappa shape index (κ1) is 11.0. The van der Waals surface area contributed by atoms with Gasteiger partial charge >= 0.3 is 0 Å². The summed E-state index contributed by atoms with van der Waals surface area (Å²) in [6.45, 7) is 4.59. The summed E-state index contributed by atoms with van der Waals surface area (Å²) in [7, 11) is 0. The lowest BCUT2D eigenvalue weighted by atomic mass is 9.98. The first-order chi connectivity index (χ1) is 7.36. The van der Waals surface area contributed by atoms with E-state index in [4.69, 9.17) is 4.74 Å². The van der Waals surface area contributed by atoms with Crippen LogP contribution in [0.5, 0.6) is 0 Å². The first-order valence-corrected chi connectivity index (χ1v) is 6.37. The first-order valence-electron chi connectivity index (χ1n) is 6.37. The van der Waals surface area contributed by atoms with Crippen LogP contribution in [0.15, 0.2) is 12.3 Å². The van der Waals surface area contributed by atoms with Gasteiger partial charge in [0.15, 0.2) is 0 Å². The highest BCUT2D eigenvalue weighted by molar-refractivity contribution is 4.83. The van der Waals surface area contributed by atoms with Crippen LogP contribution >= 0.6 is 0 Å². The Balaban J connectivity index is 1.60. The molecule has 1 fully saturated rings. The molecule has 2 heteroatoms. The van der Waals surface area contributed by atoms with Crippen molar-refractivity contribution in [1.82, 2.24) is 5.32 Å². The average Bonchev–Trinajstić information content (AvgIpc) is 2.66. The van der Waals surface area contributed by atoms with Gasteiger partial charge in [0.2, 0.25) is 0 Å². The highest BCUT2D eigenvalue weighted by Gasteiger charge is 2.23. The third kappa shape index (κ3) is 3.23. The highest BCUT2D eigenvalue weighted by atomic mass is 16.5. The van der Waals surface area contributed by atoms with Crippen molar-refractivity contribution in [2.45, 2.75) is 45.1 Å². The topological polar surface area (TPSA) is 21.3 Å². The predicted octanol–water partition coefficient (Wildman–Crippen LogP) is 2.70. The molecule has 3 atom stereocenters. The standard InChI is InChI=1S/C13H23NO/c1-11-5-4-6-12(11)9-14-10-13-7-2-3-8-15-13/h3,8,11-14H,2,4-7,9-10H2,1H3. The molecule has 15 heavy (non-hydrogen) atoms. The van der Waals surface area contributed by atoms with Crippen LogP contribution in [-0.2, 0) is 4.74 Å². The van der Waals surface area contributed by atoms with E-state index in [0.717, 1.165) is 18.4 Å². The zero-order chi connectivity index (χ0) is 10.5. The molecule has 0 saturated heterocycles. The quantitative estimate of drug-likeness (QED) is 0.768. The fraction of sp³-hybridized carbons (Fsp3) is 0.846. The molecule has 0 aromatic rings. The zero-order valence-electron chi connectivity index (χ0n) is 9.74. The summed E-state index contributed by atoms with van der Waals surface area (Å²) < 4.78 is 5.53. The Morgan fingerprint density at radius 2 is 2.20 bits per heavy atom. The Labute approximate surface area is 93.1 Å². The van der Waals surface area contributed by atoms with Gasteiger partial charge in [-0.3, -0.25) is 0 Å². The Hall–Kier alpha value is -0.500. The fourth-order valence-corrected chi connectivity index (χ4v) is 2.69.